The summed E-state index contributed by atoms with van der Waals surface area (Å²) in [5, 5.41) is 11.7. The number of likely N-dealkylation sites (N-methyl/N-ethyl adjacent to an activating group) is 1. The predicted molar refractivity (Wildman–Crippen MR) is 260 cm³/mol. The first kappa shape index (κ1) is 61.3. The van der Waals surface area contributed by atoms with E-state index in [1.807, 2.05) is 21.1 Å². The fourth-order valence-electron chi connectivity index (χ4n) is 8.13. The molecular weight excluding hydrogens is 791 g/mol. The third-order valence-electron chi connectivity index (χ3n) is 12.4. The van der Waals surface area contributed by atoms with Gasteiger partial charge in [-0.2, -0.15) is 0 Å². The lowest BCUT2D eigenvalue weighted by Crippen LogP contribution is -2.44. The molecule has 374 valence electrons. The van der Waals surface area contributed by atoms with Crippen molar-refractivity contribution >= 4 is 17.9 Å². The highest BCUT2D eigenvalue weighted by Gasteiger charge is 2.22. The van der Waals surface area contributed by atoms with Crippen LogP contribution < -0.4 is 5.11 Å². The standard InChI is InChI=1S/C54H105NO8/c1-6-8-10-12-14-15-16-17-18-19-20-21-22-23-24-25-26-27-28-29-30-31-32-33-34-35-36-37-38-39-41-43-45-52(57)63-50(48-61-51(56)44-42-40-13-11-9-7-2)49-62-54(53(58)59)60-47-46-55(3,4)5/h50,54H,6-49H2,1-5H3. The lowest BCUT2D eigenvalue weighted by molar-refractivity contribution is -0.870. The van der Waals surface area contributed by atoms with Gasteiger partial charge in [0.05, 0.1) is 40.3 Å². The minimum absolute atomic E-state index is 0.152. The van der Waals surface area contributed by atoms with Crippen molar-refractivity contribution in [3.8, 4) is 0 Å². The molecule has 0 amide bonds. The van der Waals surface area contributed by atoms with Crippen molar-refractivity contribution in [1.82, 2.24) is 0 Å². The molecule has 0 saturated heterocycles. The molecule has 2 unspecified atom stereocenters. The van der Waals surface area contributed by atoms with Gasteiger partial charge in [-0.25, -0.2) is 0 Å². The number of ether oxygens (including phenoxy) is 4. The van der Waals surface area contributed by atoms with Gasteiger partial charge in [0.2, 0.25) is 0 Å². The van der Waals surface area contributed by atoms with Gasteiger partial charge >= 0.3 is 11.9 Å². The average Bonchev–Trinajstić information content (AvgIpc) is 3.24. The zero-order valence-electron chi connectivity index (χ0n) is 42.5. The van der Waals surface area contributed by atoms with E-state index in [1.165, 1.54) is 199 Å². The molecule has 63 heavy (non-hydrogen) atoms. The fraction of sp³-hybridized carbons (Fsp3) is 0.944. The van der Waals surface area contributed by atoms with Crippen LogP contribution in [0.15, 0.2) is 0 Å². The van der Waals surface area contributed by atoms with Gasteiger partial charge in [0.1, 0.15) is 13.2 Å². The zero-order valence-corrected chi connectivity index (χ0v) is 42.5. The first-order chi connectivity index (χ1) is 30.6. The van der Waals surface area contributed by atoms with Gasteiger partial charge in [-0.3, -0.25) is 9.59 Å². The molecule has 0 saturated carbocycles. The Balaban J connectivity index is 3.88. The molecule has 0 heterocycles. The minimum atomic E-state index is -1.61. The lowest BCUT2D eigenvalue weighted by Gasteiger charge is -2.26. The molecule has 2 atom stereocenters. The zero-order chi connectivity index (χ0) is 46.3. The van der Waals surface area contributed by atoms with Gasteiger partial charge in [0.25, 0.3) is 0 Å². The van der Waals surface area contributed by atoms with Gasteiger partial charge in [-0.1, -0.05) is 245 Å². The van der Waals surface area contributed by atoms with Crippen LogP contribution in [-0.2, 0) is 33.3 Å². The Labute approximate surface area is 390 Å². The monoisotopic (exact) mass is 896 g/mol. The Morgan fingerprint density at radius 2 is 0.714 bits per heavy atom. The highest BCUT2D eigenvalue weighted by molar-refractivity contribution is 5.70. The Hall–Kier alpha value is -1.71. The van der Waals surface area contributed by atoms with E-state index in [0.29, 0.717) is 17.4 Å². The Morgan fingerprint density at radius 1 is 0.413 bits per heavy atom. The van der Waals surface area contributed by atoms with Crippen molar-refractivity contribution in [2.24, 2.45) is 0 Å². The SMILES string of the molecule is CCCCCCCCCCCCCCCCCCCCCCCCCCCCCCCCCCC(=O)OC(COC(=O)CCCCCCCC)COC(OCC[N+](C)(C)C)C(=O)[O-]. The van der Waals surface area contributed by atoms with Gasteiger partial charge in [-0.15, -0.1) is 0 Å². The second-order valence-electron chi connectivity index (χ2n) is 19.9. The number of quaternary nitrogens is 1. The molecule has 0 bridgehead atoms. The molecule has 9 heteroatoms. The minimum Gasteiger partial charge on any atom is -0.545 e. The average molecular weight is 896 g/mol. The highest BCUT2D eigenvalue weighted by atomic mass is 16.7. The van der Waals surface area contributed by atoms with E-state index in [1.54, 1.807) is 0 Å². The number of unbranched alkanes of at least 4 members (excludes halogenated alkanes) is 36. The summed E-state index contributed by atoms with van der Waals surface area (Å²) in [5.74, 6) is -2.27. The lowest BCUT2D eigenvalue weighted by atomic mass is 10.0. The summed E-state index contributed by atoms with van der Waals surface area (Å²) in [4.78, 5) is 36.8. The maximum absolute atomic E-state index is 12.7. The molecule has 0 aromatic rings. The van der Waals surface area contributed by atoms with Crippen LogP contribution in [0.5, 0.6) is 0 Å². The fourth-order valence-corrected chi connectivity index (χ4v) is 8.13. The second kappa shape index (κ2) is 46.8. The van der Waals surface area contributed by atoms with Crippen LogP contribution in [0.25, 0.3) is 0 Å². The van der Waals surface area contributed by atoms with E-state index in [0.717, 1.165) is 44.9 Å². The van der Waals surface area contributed by atoms with Crippen LogP contribution in [0.2, 0.25) is 0 Å². The first-order valence-electron chi connectivity index (χ1n) is 27.2. The second-order valence-corrected chi connectivity index (χ2v) is 19.9. The van der Waals surface area contributed by atoms with Crippen molar-refractivity contribution in [3.05, 3.63) is 0 Å². The number of esters is 2. The number of nitrogens with zero attached hydrogens (tertiary/aromatic N) is 1. The summed E-state index contributed by atoms with van der Waals surface area (Å²) in [6.07, 6.45) is 47.9. The molecule has 0 aliphatic rings. The normalized spacial score (nSPS) is 12.7. The first-order valence-corrected chi connectivity index (χ1v) is 27.2. The smallest absolute Gasteiger partial charge is 0.306 e. The van der Waals surface area contributed by atoms with E-state index in [-0.39, 0.29) is 32.2 Å². The predicted octanol–water partition coefficient (Wildman–Crippen LogP) is 13.9. The van der Waals surface area contributed by atoms with E-state index in [4.69, 9.17) is 18.9 Å². The summed E-state index contributed by atoms with van der Waals surface area (Å²) >= 11 is 0. The number of carboxylic acids is 1. The summed E-state index contributed by atoms with van der Waals surface area (Å²) in [6, 6.07) is 0. The van der Waals surface area contributed by atoms with Crippen LogP contribution in [0.3, 0.4) is 0 Å². The van der Waals surface area contributed by atoms with Gasteiger partial charge < -0.3 is 33.3 Å². The number of aliphatic carboxylic acids is 1. The molecular formula is C54H105NO8. The topological polar surface area (TPSA) is 111 Å². The van der Waals surface area contributed by atoms with Gasteiger partial charge in [0, 0.05) is 12.8 Å². The van der Waals surface area contributed by atoms with Crippen LogP contribution in [0.4, 0.5) is 0 Å². The van der Waals surface area contributed by atoms with Crippen LogP contribution >= 0.6 is 0 Å². The van der Waals surface area contributed by atoms with E-state index in [9.17, 15) is 19.5 Å². The number of rotatable bonds is 51. The largest absolute Gasteiger partial charge is 0.545 e. The third kappa shape index (κ3) is 48.1. The summed E-state index contributed by atoms with van der Waals surface area (Å²) in [7, 11) is 5.91. The Morgan fingerprint density at radius 3 is 1.02 bits per heavy atom. The summed E-state index contributed by atoms with van der Waals surface area (Å²) < 4.78 is 22.5. The molecule has 0 aromatic carbocycles. The van der Waals surface area contributed by atoms with E-state index in [2.05, 4.69) is 13.8 Å². The van der Waals surface area contributed by atoms with Crippen molar-refractivity contribution in [3.63, 3.8) is 0 Å². The number of hydrogen-bond acceptors (Lipinski definition) is 8. The molecule has 0 spiro atoms. The van der Waals surface area contributed by atoms with Gasteiger partial charge in [0.15, 0.2) is 12.4 Å². The number of hydrogen-bond donors (Lipinski definition) is 0. The molecule has 0 aromatic heterocycles. The van der Waals surface area contributed by atoms with E-state index >= 15 is 0 Å². The Bertz CT molecular complexity index is 1000. The molecule has 0 radical (unpaired) electrons. The van der Waals surface area contributed by atoms with Crippen molar-refractivity contribution in [2.45, 2.75) is 283 Å². The van der Waals surface area contributed by atoms with E-state index < -0.39 is 24.3 Å². The van der Waals surface area contributed by atoms with Crippen LogP contribution in [0.1, 0.15) is 271 Å². The van der Waals surface area contributed by atoms with Crippen molar-refractivity contribution in [1.29, 1.82) is 0 Å². The van der Waals surface area contributed by atoms with Crippen LogP contribution in [-0.4, -0.2) is 82.3 Å². The summed E-state index contributed by atoms with van der Waals surface area (Å²) in [5.41, 5.74) is 0. The number of carboxylic acid groups (broad SMARTS) is 1. The molecule has 0 rings (SSSR count). The van der Waals surface area contributed by atoms with Gasteiger partial charge in [-0.05, 0) is 12.8 Å². The Kier molecular flexibility index (Phi) is 45.5. The quantitative estimate of drug-likeness (QED) is 0.0257. The maximum Gasteiger partial charge on any atom is 0.306 e. The number of carbonyl (C=O) groups excluding carboxylic acids is 3. The molecule has 0 N–H and O–H groups in total. The summed E-state index contributed by atoms with van der Waals surface area (Å²) in [6.45, 7) is 4.71. The molecule has 0 aliphatic heterocycles. The van der Waals surface area contributed by atoms with Crippen LogP contribution in [0, 0.1) is 0 Å². The maximum atomic E-state index is 12.7. The molecule has 0 aliphatic carbocycles. The molecule has 0 fully saturated rings. The van der Waals surface area contributed by atoms with Crippen molar-refractivity contribution < 1.29 is 42.9 Å². The van der Waals surface area contributed by atoms with Crippen molar-refractivity contribution in [2.75, 3.05) is 47.5 Å². The third-order valence-corrected chi connectivity index (χ3v) is 12.4. The number of carbonyl (C=O) groups is 3. The molecule has 9 nitrogen and oxygen atoms in total. The highest BCUT2D eigenvalue weighted by Crippen LogP contribution is 2.18.